The first-order chi connectivity index (χ1) is 9.13. The molecule has 0 aliphatic rings. The Kier molecular flexibility index (Phi) is 5.54. The van der Waals surface area contributed by atoms with Crippen molar-refractivity contribution >= 4 is 12.2 Å². The number of rotatable bonds is 2. The highest BCUT2D eigenvalue weighted by Gasteiger charge is 2.07. The largest absolute Gasteiger partial charge is 0.483 e. The van der Waals surface area contributed by atoms with E-state index < -0.39 is 0 Å². The van der Waals surface area contributed by atoms with E-state index in [0.717, 1.165) is 29.1 Å². The number of hydrogen-bond donors (Lipinski definition) is 2. The number of benzene rings is 1. The van der Waals surface area contributed by atoms with Crippen molar-refractivity contribution < 1.29 is 9.90 Å². The van der Waals surface area contributed by atoms with Crippen LogP contribution in [0.4, 0.5) is 5.69 Å². The van der Waals surface area contributed by atoms with Crippen LogP contribution in [-0.2, 0) is 11.2 Å². The minimum atomic E-state index is -0.250. The maximum Gasteiger partial charge on any atom is 0.290 e. The van der Waals surface area contributed by atoms with Crippen molar-refractivity contribution in [3.63, 3.8) is 0 Å². The van der Waals surface area contributed by atoms with Crippen LogP contribution in [0.3, 0.4) is 0 Å². The van der Waals surface area contributed by atoms with Crippen LogP contribution < -0.4 is 5.73 Å². The number of anilines is 1. The predicted molar refractivity (Wildman–Crippen MR) is 76.9 cm³/mol. The molecular formula is C15H18N2O2. The summed E-state index contributed by atoms with van der Waals surface area (Å²) in [4.78, 5) is 13.0. The lowest BCUT2D eigenvalue weighted by Gasteiger charge is -2.09. The van der Waals surface area contributed by atoms with Gasteiger partial charge in [0.05, 0.1) is 11.4 Å². The van der Waals surface area contributed by atoms with Gasteiger partial charge in [0.15, 0.2) is 0 Å². The average molecular weight is 258 g/mol. The van der Waals surface area contributed by atoms with Gasteiger partial charge in [-0.3, -0.25) is 9.78 Å². The fourth-order valence-electron chi connectivity index (χ4n) is 1.86. The Balaban J connectivity index is 0.000000550. The molecule has 0 saturated heterocycles. The van der Waals surface area contributed by atoms with E-state index in [9.17, 15) is 0 Å². The lowest BCUT2D eigenvalue weighted by Crippen LogP contribution is -2.00. The number of carbonyl (C=O) groups is 1. The third-order valence-electron chi connectivity index (χ3n) is 2.73. The smallest absolute Gasteiger partial charge is 0.290 e. The molecule has 0 spiro atoms. The number of pyridine rings is 1. The minimum Gasteiger partial charge on any atom is -0.483 e. The van der Waals surface area contributed by atoms with Crippen molar-refractivity contribution in [2.24, 2.45) is 0 Å². The number of hydrogen-bond acceptors (Lipinski definition) is 3. The molecule has 0 fully saturated rings. The number of nitrogen functional groups attached to an aromatic ring is 1. The zero-order valence-corrected chi connectivity index (χ0v) is 11.1. The summed E-state index contributed by atoms with van der Waals surface area (Å²) >= 11 is 0. The van der Waals surface area contributed by atoms with Gasteiger partial charge >= 0.3 is 0 Å². The molecule has 0 saturated carbocycles. The van der Waals surface area contributed by atoms with E-state index in [-0.39, 0.29) is 6.47 Å². The molecule has 0 radical (unpaired) electrons. The van der Waals surface area contributed by atoms with E-state index in [1.807, 2.05) is 36.4 Å². The van der Waals surface area contributed by atoms with Gasteiger partial charge in [-0.15, -0.1) is 0 Å². The maximum absolute atomic E-state index is 8.36. The number of carboxylic acid groups (broad SMARTS) is 1. The fraction of sp³-hybridized carbons (Fsp3) is 0.200. The Morgan fingerprint density at radius 3 is 2.42 bits per heavy atom. The zero-order valence-electron chi connectivity index (χ0n) is 11.1. The fourth-order valence-corrected chi connectivity index (χ4v) is 1.86. The molecule has 0 aliphatic heterocycles. The Labute approximate surface area is 112 Å². The van der Waals surface area contributed by atoms with E-state index in [1.54, 1.807) is 0 Å². The normalized spacial score (nSPS) is 9.37. The summed E-state index contributed by atoms with van der Waals surface area (Å²) in [5.74, 6) is 0. The average Bonchev–Trinajstić information content (AvgIpc) is 2.41. The van der Waals surface area contributed by atoms with Gasteiger partial charge in [0.1, 0.15) is 0 Å². The molecule has 0 amide bonds. The van der Waals surface area contributed by atoms with Crippen LogP contribution in [-0.4, -0.2) is 16.6 Å². The van der Waals surface area contributed by atoms with Gasteiger partial charge in [0.25, 0.3) is 6.47 Å². The molecule has 19 heavy (non-hydrogen) atoms. The Hall–Kier alpha value is -2.36. The van der Waals surface area contributed by atoms with E-state index in [2.05, 4.69) is 18.8 Å². The molecule has 4 heteroatoms. The lowest BCUT2D eigenvalue weighted by atomic mass is 10.1. The Bertz CT molecular complexity index is 539. The predicted octanol–water partition coefficient (Wildman–Crippen LogP) is 2.90. The highest BCUT2D eigenvalue weighted by Crippen LogP contribution is 2.25. The van der Waals surface area contributed by atoms with Crippen molar-refractivity contribution in [2.45, 2.75) is 20.3 Å². The molecular weight excluding hydrogens is 240 g/mol. The molecule has 1 heterocycles. The van der Waals surface area contributed by atoms with Crippen molar-refractivity contribution in [1.82, 2.24) is 4.98 Å². The van der Waals surface area contributed by atoms with Crippen molar-refractivity contribution in [1.29, 1.82) is 0 Å². The summed E-state index contributed by atoms with van der Waals surface area (Å²) in [6, 6.07) is 12.1. The molecule has 100 valence electrons. The standard InChI is InChI=1S/C14H16N2.CH2O2/c1-3-13-10(2)9-12(15)14(16-13)11-7-5-4-6-8-11;2-1-3/h4-9H,3,15H2,1-2H3;1H,(H,2,3). The van der Waals surface area contributed by atoms with Crippen molar-refractivity contribution in [3.05, 3.63) is 47.7 Å². The highest BCUT2D eigenvalue weighted by molar-refractivity contribution is 5.73. The van der Waals surface area contributed by atoms with Gasteiger partial charge < -0.3 is 10.8 Å². The van der Waals surface area contributed by atoms with Gasteiger partial charge in [-0.2, -0.15) is 0 Å². The summed E-state index contributed by atoms with van der Waals surface area (Å²) in [5, 5.41) is 6.89. The van der Waals surface area contributed by atoms with Crippen LogP contribution in [0.2, 0.25) is 0 Å². The number of aryl methyl sites for hydroxylation is 2. The molecule has 3 N–H and O–H groups in total. The highest BCUT2D eigenvalue weighted by atomic mass is 16.3. The number of nitrogens with two attached hydrogens (primary N) is 1. The first kappa shape index (κ1) is 14.7. The van der Waals surface area contributed by atoms with Crippen LogP contribution in [0.25, 0.3) is 11.3 Å². The van der Waals surface area contributed by atoms with Crippen LogP contribution >= 0.6 is 0 Å². The van der Waals surface area contributed by atoms with Crippen LogP contribution in [0, 0.1) is 6.92 Å². The summed E-state index contributed by atoms with van der Waals surface area (Å²) < 4.78 is 0. The molecule has 1 aromatic carbocycles. The van der Waals surface area contributed by atoms with Gasteiger partial charge in [-0.05, 0) is 25.0 Å². The first-order valence-corrected chi connectivity index (χ1v) is 6.03. The maximum atomic E-state index is 8.36. The molecule has 2 rings (SSSR count). The van der Waals surface area contributed by atoms with Crippen molar-refractivity contribution in [2.75, 3.05) is 5.73 Å². The first-order valence-electron chi connectivity index (χ1n) is 6.03. The molecule has 0 unspecified atom stereocenters. The van der Waals surface area contributed by atoms with Gasteiger partial charge in [-0.25, -0.2) is 0 Å². The quantitative estimate of drug-likeness (QED) is 0.812. The van der Waals surface area contributed by atoms with Gasteiger partial charge in [-0.1, -0.05) is 37.3 Å². The zero-order chi connectivity index (χ0) is 14.3. The lowest BCUT2D eigenvalue weighted by molar-refractivity contribution is -0.122. The second-order valence-corrected chi connectivity index (χ2v) is 4.01. The van der Waals surface area contributed by atoms with Gasteiger partial charge in [0.2, 0.25) is 0 Å². The Morgan fingerprint density at radius 2 is 1.89 bits per heavy atom. The second kappa shape index (κ2) is 7.16. The van der Waals surface area contributed by atoms with Crippen molar-refractivity contribution in [3.8, 4) is 11.3 Å². The van der Waals surface area contributed by atoms with Crippen LogP contribution in [0.15, 0.2) is 36.4 Å². The Morgan fingerprint density at radius 1 is 1.32 bits per heavy atom. The molecule has 1 aromatic heterocycles. The van der Waals surface area contributed by atoms with Crippen LogP contribution in [0.5, 0.6) is 0 Å². The monoisotopic (exact) mass is 258 g/mol. The summed E-state index contributed by atoms with van der Waals surface area (Å²) in [7, 11) is 0. The van der Waals surface area contributed by atoms with E-state index in [4.69, 9.17) is 15.6 Å². The molecule has 0 atom stereocenters. The van der Waals surface area contributed by atoms with Gasteiger partial charge in [0, 0.05) is 11.3 Å². The molecule has 0 aliphatic carbocycles. The molecule has 2 aromatic rings. The molecule has 4 nitrogen and oxygen atoms in total. The second-order valence-electron chi connectivity index (χ2n) is 4.01. The summed E-state index contributed by atoms with van der Waals surface area (Å²) in [6.07, 6.45) is 0.936. The third-order valence-corrected chi connectivity index (χ3v) is 2.73. The third kappa shape index (κ3) is 3.81. The number of nitrogens with zero attached hydrogens (tertiary/aromatic N) is 1. The minimum absolute atomic E-state index is 0.250. The summed E-state index contributed by atoms with van der Waals surface area (Å²) in [6.45, 7) is 3.91. The topological polar surface area (TPSA) is 76.2 Å². The van der Waals surface area contributed by atoms with E-state index in [1.165, 1.54) is 5.56 Å². The molecule has 0 bridgehead atoms. The number of aromatic nitrogens is 1. The van der Waals surface area contributed by atoms with Crippen LogP contribution in [0.1, 0.15) is 18.2 Å². The SMILES string of the molecule is CCc1nc(-c2ccccc2)c(N)cc1C.O=CO. The van der Waals surface area contributed by atoms with E-state index in [0.29, 0.717) is 0 Å². The van der Waals surface area contributed by atoms with E-state index >= 15 is 0 Å². The summed E-state index contributed by atoms with van der Waals surface area (Å²) in [5.41, 5.74) is 11.0.